The van der Waals surface area contributed by atoms with Crippen LogP contribution < -0.4 is 5.32 Å². The van der Waals surface area contributed by atoms with E-state index < -0.39 is 0 Å². The van der Waals surface area contributed by atoms with Crippen LogP contribution in [-0.2, 0) is 13.1 Å². The summed E-state index contributed by atoms with van der Waals surface area (Å²) in [7, 11) is 0. The molecule has 1 amide bonds. The summed E-state index contributed by atoms with van der Waals surface area (Å²) in [5.41, 5.74) is 4.50. The first kappa shape index (κ1) is 16.0. The third-order valence-corrected chi connectivity index (χ3v) is 4.67. The van der Waals surface area contributed by atoms with E-state index in [1.165, 1.54) is 11.1 Å². The predicted molar refractivity (Wildman–Crippen MR) is 91.5 cm³/mol. The van der Waals surface area contributed by atoms with Gasteiger partial charge in [0.1, 0.15) is 0 Å². The van der Waals surface area contributed by atoms with Crippen LogP contribution in [0.15, 0.2) is 42.7 Å². The second kappa shape index (κ2) is 6.69. The number of pyridine rings is 1. The number of hydrogen-bond acceptors (Lipinski definition) is 3. The van der Waals surface area contributed by atoms with Crippen LogP contribution in [0.25, 0.3) is 0 Å². The first-order valence-corrected chi connectivity index (χ1v) is 7.86. The quantitative estimate of drug-likeness (QED) is 0.921. The van der Waals surface area contributed by atoms with Crippen molar-refractivity contribution in [1.29, 1.82) is 0 Å². The van der Waals surface area contributed by atoms with Crippen LogP contribution in [0.1, 0.15) is 45.9 Å². The Hall–Kier alpha value is -1.91. The van der Waals surface area contributed by atoms with Gasteiger partial charge in [0.2, 0.25) is 0 Å². The van der Waals surface area contributed by atoms with Crippen molar-refractivity contribution in [3.05, 3.63) is 65.0 Å². The fraction of sp³-hybridized carbons (Fsp3) is 0.333. The minimum Gasteiger partial charge on any atom is -0.332 e. The third-order valence-electron chi connectivity index (χ3n) is 4.67. The van der Waals surface area contributed by atoms with E-state index in [2.05, 4.69) is 28.5 Å². The maximum atomic E-state index is 12.9. The van der Waals surface area contributed by atoms with Crippen molar-refractivity contribution >= 4 is 18.3 Å². The average Bonchev–Trinajstić information content (AvgIpc) is 3.23. The minimum absolute atomic E-state index is 0. The lowest BCUT2D eigenvalue weighted by molar-refractivity contribution is 0.0735. The topological polar surface area (TPSA) is 45.2 Å². The molecule has 0 bridgehead atoms. The lowest BCUT2D eigenvalue weighted by Gasteiger charge is -2.25. The summed E-state index contributed by atoms with van der Waals surface area (Å²) in [5.74, 6) is 0.140. The maximum absolute atomic E-state index is 12.9. The second-order valence-electron chi connectivity index (χ2n) is 6.03. The number of fused-ring (bicyclic) bond motifs is 1. The number of carbonyl (C=O) groups is 1. The lowest BCUT2D eigenvalue weighted by Crippen LogP contribution is -2.30. The smallest absolute Gasteiger partial charge is 0.254 e. The Morgan fingerprint density at radius 2 is 2.09 bits per heavy atom. The van der Waals surface area contributed by atoms with Gasteiger partial charge >= 0.3 is 0 Å². The minimum atomic E-state index is 0. The number of nitrogens with one attached hydrogen (secondary N) is 1. The van der Waals surface area contributed by atoms with Crippen LogP contribution in [0.5, 0.6) is 0 Å². The van der Waals surface area contributed by atoms with Gasteiger partial charge in [-0.25, -0.2) is 0 Å². The van der Waals surface area contributed by atoms with Crippen LogP contribution in [0.2, 0.25) is 0 Å². The summed E-state index contributed by atoms with van der Waals surface area (Å²) in [6, 6.07) is 10.3. The first-order valence-electron chi connectivity index (χ1n) is 7.86. The number of likely N-dealkylation sites (tertiary alicyclic amines) is 1. The molecule has 23 heavy (non-hydrogen) atoms. The van der Waals surface area contributed by atoms with Gasteiger partial charge in [-0.1, -0.05) is 12.1 Å². The Bertz CT molecular complexity index is 705. The number of nitrogens with zero attached hydrogens (tertiary/aromatic N) is 2. The van der Waals surface area contributed by atoms with Crippen molar-refractivity contribution in [3.8, 4) is 0 Å². The number of aromatic nitrogens is 1. The third kappa shape index (κ3) is 2.96. The van der Waals surface area contributed by atoms with Crippen molar-refractivity contribution in [1.82, 2.24) is 15.2 Å². The summed E-state index contributed by atoms with van der Waals surface area (Å²) in [4.78, 5) is 19.1. The van der Waals surface area contributed by atoms with E-state index >= 15 is 0 Å². The van der Waals surface area contributed by atoms with E-state index in [0.717, 1.165) is 43.6 Å². The Morgan fingerprint density at radius 1 is 1.22 bits per heavy atom. The molecule has 4 nitrogen and oxygen atoms in total. The van der Waals surface area contributed by atoms with Gasteiger partial charge in [0.15, 0.2) is 0 Å². The zero-order chi connectivity index (χ0) is 14.9. The fourth-order valence-electron chi connectivity index (χ4n) is 3.52. The van der Waals surface area contributed by atoms with Crippen LogP contribution in [0, 0.1) is 0 Å². The highest BCUT2D eigenvalue weighted by atomic mass is 35.5. The SMILES string of the molecule is Cl.O=C(c1ccc2c(c1)CNC2)N1CCCC1c1cccnc1. The van der Waals surface area contributed by atoms with Crippen molar-refractivity contribution in [2.24, 2.45) is 0 Å². The largest absolute Gasteiger partial charge is 0.332 e. The molecule has 1 N–H and O–H groups in total. The molecule has 0 radical (unpaired) electrons. The molecule has 0 saturated carbocycles. The average molecular weight is 330 g/mol. The highest BCUT2D eigenvalue weighted by Gasteiger charge is 2.31. The van der Waals surface area contributed by atoms with Gasteiger partial charge in [-0.3, -0.25) is 9.78 Å². The number of hydrogen-bond donors (Lipinski definition) is 1. The molecular formula is C18H20ClN3O. The van der Waals surface area contributed by atoms with Gasteiger partial charge in [0.25, 0.3) is 5.91 Å². The Labute approximate surface area is 142 Å². The van der Waals surface area contributed by atoms with Gasteiger partial charge in [-0.15, -0.1) is 12.4 Å². The molecular weight excluding hydrogens is 310 g/mol. The van der Waals surface area contributed by atoms with Gasteiger partial charge in [-0.2, -0.15) is 0 Å². The molecule has 4 rings (SSSR count). The number of amides is 1. The van der Waals surface area contributed by atoms with Gasteiger partial charge < -0.3 is 10.2 Å². The number of carbonyl (C=O) groups excluding carboxylic acids is 1. The van der Waals surface area contributed by atoms with Crippen LogP contribution in [0.3, 0.4) is 0 Å². The maximum Gasteiger partial charge on any atom is 0.254 e. The molecule has 2 aromatic rings. The zero-order valence-electron chi connectivity index (χ0n) is 12.9. The molecule has 3 heterocycles. The molecule has 2 aliphatic heterocycles. The summed E-state index contributed by atoms with van der Waals surface area (Å²) in [5, 5.41) is 3.32. The van der Waals surface area contributed by atoms with E-state index in [0.29, 0.717) is 0 Å². The number of benzene rings is 1. The van der Waals surface area contributed by atoms with Gasteiger partial charge in [0.05, 0.1) is 6.04 Å². The van der Waals surface area contributed by atoms with Crippen LogP contribution in [-0.4, -0.2) is 22.3 Å². The first-order chi connectivity index (χ1) is 10.8. The Kier molecular flexibility index (Phi) is 4.64. The van der Waals surface area contributed by atoms with Crippen LogP contribution in [0.4, 0.5) is 0 Å². The molecule has 1 atom stereocenters. The molecule has 1 fully saturated rings. The Balaban J connectivity index is 0.00000156. The molecule has 120 valence electrons. The predicted octanol–water partition coefficient (Wildman–Crippen LogP) is 3.08. The van der Waals surface area contributed by atoms with Crippen molar-refractivity contribution in [3.63, 3.8) is 0 Å². The number of halogens is 1. The summed E-state index contributed by atoms with van der Waals surface area (Å²) >= 11 is 0. The van der Waals surface area contributed by atoms with E-state index in [1.54, 1.807) is 6.20 Å². The van der Waals surface area contributed by atoms with E-state index in [4.69, 9.17) is 0 Å². The van der Waals surface area contributed by atoms with Crippen molar-refractivity contribution < 1.29 is 4.79 Å². The van der Waals surface area contributed by atoms with Gasteiger partial charge in [-0.05, 0) is 47.7 Å². The summed E-state index contributed by atoms with van der Waals surface area (Å²) < 4.78 is 0. The highest BCUT2D eigenvalue weighted by Crippen LogP contribution is 2.33. The number of rotatable bonds is 2. The monoisotopic (exact) mass is 329 g/mol. The molecule has 1 saturated heterocycles. The molecule has 5 heteroatoms. The summed E-state index contributed by atoms with van der Waals surface area (Å²) in [6.45, 7) is 2.60. The Morgan fingerprint density at radius 3 is 2.91 bits per heavy atom. The summed E-state index contributed by atoms with van der Waals surface area (Å²) in [6.07, 6.45) is 5.72. The second-order valence-corrected chi connectivity index (χ2v) is 6.03. The fourth-order valence-corrected chi connectivity index (χ4v) is 3.52. The molecule has 1 aromatic carbocycles. The lowest BCUT2D eigenvalue weighted by atomic mass is 10.0. The van der Waals surface area contributed by atoms with E-state index in [-0.39, 0.29) is 24.4 Å². The molecule has 1 aromatic heterocycles. The van der Waals surface area contributed by atoms with Crippen molar-refractivity contribution in [2.75, 3.05) is 6.54 Å². The van der Waals surface area contributed by atoms with Gasteiger partial charge in [0, 0.05) is 37.6 Å². The molecule has 0 spiro atoms. The molecule has 2 aliphatic rings. The van der Waals surface area contributed by atoms with Crippen LogP contribution >= 0.6 is 12.4 Å². The molecule has 1 unspecified atom stereocenters. The standard InChI is InChI=1S/C18H19N3O.ClH/c22-18(13-5-6-14-10-20-12-16(14)9-13)21-8-2-4-17(21)15-3-1-7-19-11-15;/h1,3,5-7,9,11,17,20H,2,4,8,10,12H2;1H. The van der Waals surface area contributed by atoms with Crippen molar-refractivity contribution in [2.45, 2.75) is 32.0 Å². The normalized spacial score (nSPS) is 19.3. The van der Waals surface area contributed by atoms with E-state index in [1.807, 2.05) is 23.2 Å². The molecule has 0 aliphatic carbocycles. The highest BCUT2D eigenvalue weighted by molar-refractivity contribution is 5.95. The van der Waals surface area contributed by atoms with E-state index in [9.17, 15) is 4.79 Å². The zero-order valence-corrected chi connectivity index (χ0v) is 13.7.